The van der Waals surface area contributed by atoms with Crippen molar-refractivity contribution in [2.45, 2.75) is 38.3 Å². The van der Waals surface area contributed by atoms with Gasteiger partial charge in [0.05, 0.1) is 26.4 Å². The van der Waals surface area contributed by atoms with E-state index in [0.29, 0.717) is 12.0 Å². The number of guanidine groups is 1. The fourth-order valence-electron chi connectivity index (χ4n) is 4.81. The highest BCUT2D eigenvalue weighted by Gasteiger charge is 2.32. The summed E-state index contributed by atoms with van der Waals surface area (Å²) in [5.41, 5.74) is 0. The van der Waals surface area contributed by atoms with Crippen molar-refractivity contribution in [3.05, 3.63) is 30.3 Å². The molecule has 0 saturated carbocycles. The average Bonchev–Trinajstić information content (AvgIpc) is 3.35. The van der Waals surface area contributed by atoms with Crippen molar-refractivity contribution in [1.29, 1.82) is 0 Å². The number of nitrogens with one attached hydrogen (secondary N) is 1. The number of hydrogen-bond donors (Lipinski definition) is 1. The Morgan fingerprint density at radius 1 is 1.06 bits per heavy atom. The van der Waals surface area contributed by atoms with E-state index in [0.717, 1.165) is 96.7 Å². The van der Waals surface area contributed by atoms with E-state index in [1.54, 1.807) is 0 Å². The van der Waals surface area contributed by atoms with E-state index >= 15 is 0 Å². The van der Waals surface area contributed by atoms with Crippen molar-refractivity contribution in [2.75, 3.05) is 65.7 Å². The molecule has 3 heterocycles. The molecule has 3 aliphatic rings. The van der Waals surface area contributed by atoms with E-state index in [2.05, 4.69) is 22.0 Å². The number of para-hydroxylation sites is 1. The summed E-state index contributed by atoms with van der Waals surface area (Å²) in [7, 11) is 0. The highest BCUT2D eigenvalue weighted by molar-refractivity contribution is 14.0. The second kappa shape index (κ2) is 13.6. The summed E-state index contributed by atoms with van der Waals surface area (Å²) >= 11 is 0. The van der Waals surface area contributed by atoms with Gasteiger partial charge in [-0.1, -0.05) is 18.2 Å². The zero-order valence-electron chi connectivity index (χ0n) is 19.3. The lowest BCUT2D eigenvalue weighted by Gasteiger charge is -2.37. The Kier molecular flexibility index (Phi) is 10.8. The van der Waals surface area contributed by atoms with Crippen LogP contribution in [0.1, 0.15) is 26.2 Å². The molecule has 0 bridgehead atoms. The van der Waals surface area contributed by atoms with Crippen LogP contribution in [0.25, 0.3) is 0 Å². The number of benzene rings is 1. The molecule has 1 N–H and O–H groups in total. The first-order valence-corrected chi connectivity index (χ1v) is 12.0. The minimum atomic E-state index is 0. The summed E-state index contributed by atoms with van der Waals surface area (Å²) in [6.07, 6.45) is 3.44. The highest BCUT2D eigenvalue weighted by Crippen LogP contribution is 2.23. The van der Waals surface area contributed by atoms with Gasteiger partial charge < -0.3 is 24.4 Å². The predicted molar refractivity (Wildman–Crippen MR) is 138 cm³/mol. The molecule has 32 heavy (non-hydrogen) atoms. The van der Waals surface area contributed by atoms with Crippen LogP contribution in [0.3, 0.4) is 0 Å². The summed E-state index contributed by atoms with van der Waals surface area (Å²) in [4.78, 5) is 10.1. The molecule has 2 atom stereocenters. The molecule has 1 aromatic rings. The van der Waals surface area contributed by atoms with Gasteiger partial charge in [-0.3, -0.25) is 9.89 Å². The van der Waals surface area contributed by atoms with Crippen LogP contribution in [0, 0.1) is 5.92 Å². The summed E-state index contributed by atoms with van der Waals surface area (Å²) in [6.45, 7) is 11.2. The first-order chi connectivity index (χ1) is 15.3. The molecule has 2 unspecified atom stereocenters. The van der Waals surface area contributed by atoms with Crippen LogP contribution >= 0.6 is 24.0 Å². The smallest absolute Gasteiger partial charge is 0.193 e. The van der Waals surface area contributed by atoms with Crippen LogP contribution in [0.15, 0.2) is 35.3 Å². The summed E-state index contributed by atoms with van der Waals surface area (Å²) in [6, 6.07) is 10.6. The second-order valence-electron chi connectivity index (χ2n) is 8.65. The number of nitrogens with zero attached hydrogens (tertiary/aromatic N) is 3. The lowest BCUT2D eigenvalue weighted by molar-refractivity contribution is 0.00361. The average molecular weight is 559 g/mol. The molecule has 7 nitrogen and oxygen atoms in total. The molecule has 4 rings (SSSR count). The largest absolute Gasteiger partial charge is 0.490 e. The number of rotatable bonds is 7. The maximum absolute atomic E-state index is 6.17. The van der Waals surface area contributed by atoms with Gasteiger partial charge >= 0.3 is 0 Å². The molecule has 1 aromatic carbocycles. The first kappa shape index (κ1) is 25.5. The molecule has 0 spiro atoms. The van der Waals surface area contributed by atoms with Gasteiger partial charge in [-0.2, -0.15) is 0 Å². The fraction of sp³-hybridized carbons (Fsp3) is 0.708. The van der Waals surface area contributed by atoms with Crippen LogP contribution in [-0.4, -0.2) is 93.6 Å². The maximum Gasteiger partial charge on any atom is 0.193 e. The third-order valence-electron chi connectivity index (χ3n) is 6.57. The molecule has 3 saturated heterocycles. The monoisotopic (exact) mass is 558 g/mol. The second-order valence-corrected chi connectivity index (χ2v) is 8.65. The van der Waals surface area contributed by atoms with E-state index in [1.165, 1.54) is 0 Å². The molecular formula is C24H39IN4O3. The zero-order valence-corrected chi connectivity index (χ0v) is 21.6. The van der Waals surface area contributed by atoms with Gasteiger partial charge in [0.15, 0.2) is 5.96 Å². The van der Waals surface area contributed by atoms with Crippen LogP contribution in [-0.2, 0) is 9.47 Å². The van der Waals surface area contributed by atoms with Crippen molar-refractivity contribution >= 4 is 29.9 Å². The molecule has 0 amide bonds. The first-order valence-electron chi connectivity index (χ1n) is 12.0. The van der Waals surface area contributed by atoms with Gasteiger partial charge in [-0.15, -0.1) is 24.0 Å². The lowest BCUT2D eigenvalue weighted by Crippen LogP contribution is -2.50. The Balaban J connectivity index is 0.00000289. The minimum absolute atomic E-state index is 0. The van der Waals surface area contributed by atoms with Gasteiger partial charge in [0.1, 0.15) is 11.9 Å². The Hall–Kier alpha value is -1.10. The van der Waals surface area contributed by atoms with Crippen LogP contribution in [0.4, 0.5) is 0 Å². The topological polar surface area (TPSA) is 58.6 Å². The number of hydrogen-bond acceptors (Lipinski definition) is 5. The van der Waals surface area contributed by atoms with Gasteiger partial charge in [0.25, 0.3) is 0 Å². The van der Waals surface area contributed by atoms with Crippen LogP contribution < -0.4 is 10.1 Å². The van der Waals surface area contributed by atoms with Crippen molar-refractivity contribution < 1.29 is 14.2 Å². The highest BCUT2D eigenvalue weighted by atomic mass is 127. The standard InChI is InChI=1S/C24H38N4O3.HI/c1-2-25-24(28-11-8-22(9-12-28)31-21-6-4-3-5-7-21)26-18-23(20-10-15-30-19-20)27-13-16-29-17-14-27;/h3-7,20,22-23H,2,8-19H2,1H3,(H,25,26);1H. The quantitative estimate of drug-likeness (QED) is 0.316. The normalized spacial score (nSPS) is 24.1. The number of piperidine rings is 1. The van der Waals surface area contributed by atoms with Crippen LogP contribution in [0.2, 0.25) is 0 Å². The number of aliphatic imine (C=N–C) groups is 1. The summed E-state index contributed by atoms with van der Waals surface area (Å²) in [5.74, 6) is 2.57. The molecule has 0 aliphatic carbocycles. The van der Waals surface area contributed by atoms with Gasteiger partial charge in [-0.05, 0) is 25.5 Å². The summed E-state index contributed by atoms with van der Waals surface area (Å²) < 4.78 is 17.5. The van der Waals surface area contributed by atoms with Crippen molar-refractivity contribution in [3.8, 4) is 5.75 Å². The Bertz CT molecular complexity index is 673. The number of ether oxygens (including phenoxy) is 3. The predicted octanol–water partition coefficient (Wildman–Crippen LogP) is 2.85. The van der Waals surface area contributed by atoms with Gasteiger partial charge in [0, 0.05) is 64.1 Å². The van der Waals surface area contributed by atoms with Crippen molar-refractivity contribution in [2.24, 2.45) is 10.9 Å². The van der Waals surface area contributed by atoms with Crippen molar-refractivity contribution in [3.63, 3.8) is 0 Å². The number of halogens is 1. The van der Waals surface area contributed by atoms with Crippen molar-refractivity contribution in [1.82, 2.24) is 15.1 Å². The molecular weight excluding hydrogens is 519 g/mol. The molecule has 8 heteroatoms. The third-order valence-corrected chi connectivity index (χ3v) is 6.57. The molecule has 180 valence electrons. The lowest BCUT2D eigenvalue weighted by atomic mass is 9.97. The zero-order chi connectivity index (χ0) is 21.3. The molecule has 3 aliphatic heterocycles. The van der Waals surface area contributed by atoms with E-state index in [1.807, 2.05) is 30.3 Å². The van der Waals surface area contributed by atoms with E-state index in [9.17, 15) is 0 Å². The van der Waals surface area contributed by atoms with Crippen LogP contribution in [0.5, 0.6) is 5.75 Å². The Labute approximate surface area is 209 Å². The van der Waals surface area contributed by atoms with Gasteiger partial charge in [-0.25, -0.2) is 0 Å². The van der Waals surface area contributed by atoms with Gasteiger partial charge in [0.2, 0.25) is 0 Å². The number of likely N-dealkylation sites (tertiary alicyclic amines) is 1. The molecule has 3 fully saturated rings. The van der Waals surface area contributed by atoms with E-state index < -0.39 is 0 Å². The third kappa shape index (κ3) is 7.20. The number of morpholine rings is 1. The van der Waals surface area contributed by atoms with E-state index in [-0.39, 0.29) is 30.1 Å². The molecule has 0 aromatic heterocycles. The van der Waals surface area contributed by atoms with E-state index in [4.69, 9.17) is 19.2 Å². The molecule has 0 radical (unpaired) electrons. The fourth-order valence-corrected chi connectivity index (χ4v) is 4.81. The Morgan fingerprint density at radius 3 is 2.47 bits per heavy atom. The minimum Gasteiger partial charge on any atom is -0.490 e. The Morgan fingerprint density at radius 2 is 1.81 bits per heavy atom. The summed E-state index contributed by atoms with van der Waals surface area (Å²) in [5, 5.41) is 3.53. The maximum atomic E-state index is 6.17. The SMILES string of the molecule is CCNC(=NCC(C1CCOC1)N1CCOCC1)N1CCC(Oc2ccccc2)CC1.I.